The summed E-state index contributed by atoms with van der Waals surface area (Å²) in [6.07, 6.45) is 7.69. The number of methoxy groups -OCH3 is 1. The summed E-state index contributed by atoms with van der Waals surface area (Å²) >= 11 is 0. The maximum absolute atomic E-state index is 14.4. The van der Waals surface area contributed by atoms with Gasteiger partial charge in [-0.2, -0.15) is 0 Å². The summed E-state index contributed by atoms with van der Waals surface area (Å²) in [6.45, 7) is 0.341. The standard InChI is InChI=1S/C36H42N2O7/c1-44-29-13-25(19-40)12-26-31-27(35(43)37-7-8-39)15-28(32(42)34(31)45-33(26)29)38(30(41)14-21-5-3-2-4-6-21)20-36-16-22-9-23(17-36)11-24(10-22)18-36/h2-6,12-13,15,19,22-24,28,31-32,34,39,42H,7-11,14,16-18,20H2,1H3,(H,37,43). The number of hydrogen-bond acceptors (Lipinski definition) is 7. The average Bonchev–Trinajstić information content (AvgIpc) is 3.42. The minimum absolute atomic E-state index is 0.00754. The van der Waals surface area contributed by atoms with Crippen LogP contribution in [-0.4, -0.2) is 78.3 Å². The van der Waals surface area contributed by atoms with E-state index in [2.05, 4.69) is 5.32 Å². The van der Waals surface area contributed by atoms with Crippen LogP contribution in [0.25, 0.3) is 0 Å². The molecule has 5 aliphatic carbocycles. The van der Waals surface area contributed by atoms with E-state index in [0.717, 1.165) is 24.8 Å². The molecule has 4 bridgehead atoms. The summed E-state index contributed by atoms with van der Waals surface area (Å²) in [7, 11) is 1.48. The maximum atomic E-state index is 14.4. The highest BCUT2D eigenvalue weighted by molar-refractivity contribution is 5.96. The second kappa shape index (κ2) is 11.9. The van der Waals surface area contributed by atoms with Crippen molar-refractivity contribution >= 4 is 18.1 Å². The second-order valence-corrected chi connectivity index (χ2v) is 14.0. The monoisotopic (exact) mass is 614 g/mol. The molecule has 4 atom stereocenters. The third kappa shape index (κ3) is 5.44. The topological polar surface area (TPSA) is 125 Å². The molecule has 238 valence electrons. The van der Waals surface area contributed by atoms with E-state index in [9.17, 15) is 24.6 Å². The van der Waals surface area contributed by atoms with Crippen molar-refractivity contribution in [1.29, 1.82) is 0 Å². The largest absolute Gasteiger partial charge is 0.493 e. The van der Waals surface area contributed by atoms with Crippen molar-refractivity contribution in [1.82, 2.24) is 10.2 Å². The fourth-order valence-corrected chi connectivity index (χ4v) is 9.64. The van der Waals surface area contributed by atoms with Gasteiger partial charge in [0.2, 0.25) is 11.8 Å². The van der Waals surface area contributed by atoms with Gasteiger partial charge in [-0.05, 0) is 85.5 Å². The Kier molecular flexibility index (Phi) is 7.94. The van der Waals surface area contributed by atoms with Crippen molar-refractivity contribution < 1.29 is 34.1 Å². The van der Waals surface area contributed by atoms with Crippen LogP contribution < -0.4 is 14.8 Å². The fraction of sp³-hybridized carbons (Fsp3) is 0.528. The molecule has 0 aromatic heterocycles. The van der Waals surface area contributed by atoms with Gasteiger partial charge in [-0.15, -0.1) is 0 Å². The highest BCUT2D eigenvalue weighted by Crippen LogP contribution is 2.60. The van der Waals surface area contributed by atoms with Crippen molar-refractivity contribution in [3.63, 3.8) is 0 Å². The summed E-state index contributed by atoms with van der Waals surface area (Å²) in [5, 5.41) is 24.4. The molecule has 8 rings (SSSR count). The molecule has 1 aliphatic heterocycles. The minimum atomic E-state index is -1.14. The average molecular weight is 615 g/mol. The van der Waals surface area contributed by atoms with Crippen LogP contribution in [0.2, 0.25) is 0 Å². The first-order valence-electron chi connectivity index (χ1n) is 16.3. The van der Waals surface area contributed by atoms with E-state index in [0.29, 0.717) is 58.8 Å². The number of aldehydes is 1. The number of rotatable bonds is 10. The molecule has 2 aromatic rings. The molecule has 3 N–H and O–H groups in total. The van der Waals surface area contributed by atoms with Crippen LogP contribution in [0.5, 0.6) is 11.5 Å². The summed E-state index contributed by atoms with van der Waals surface area (Å²) in [5.41, 5.74) is 2.17. The van der Waals surface area contributed by atoms with E-state index in [-0.39, 0.29) is 30.9 Å². The van der Waals surface area contributed by atoms with Gasteiger partial charge >= 0.3 is 0 Å². The van der Waals surface area contributed by atoms with Gasteiger partial charge in [0, 0.05) is 29.8 Å². The Balaban J connectivity index is 1.30. The summed E-state index contributed by atoms with van der Waals surface area (Å²) in [6, 6.07) is 12.1. The number of benzene rings is 2. The highest BCUT2D eigenvalue weighted by atomic mass is 16.5. The van der Waals surface area contributed by atoms with Gasteiger partial charge in [-0.1, -0.05) is 30.3 Å². The van der Waals surface area contributed by atoms with Gasteiger partial charge in [0.05, 0.1) is 32.1 Å². The highest BCUT2D eigenvalue weighted by Gasteiger charge is 2.55. The van der Waals surface area contributed by atoms with Gasteiger partial charge in [0.25, 0.3) is 0 Å². The number of carbonyl (C=O) groups excluding carboxylic acids is 3. The zero-order valence-corrected chi connectivity index (χ0v) is 25.7. The molecule has 0 saturated heterocycles. The maximum Gasteiger partial charge on any atom is 0.247 e. The zero-order valence-electron chi connectivity index (χ0n) is 25.7. The van der Waals surface area contributed by atoms with Crippen LogP contribution in [0.4, 0.5) is 0 Å². The Morgan fingerprint density at radius 2 is 1.78 bits per heavy atom. The van der Waals surface area contributed by atoms with Gasteiger partial charge in [0.1, 0.15) is 18.5 Å². The smallest absolute Gasteiger partial charge is 0.247 e. The Morgan fingerprint density at radius 3 is 2.40 bits per heavy atom. The van der Waals surface area contributed by atoms with Gasteiger partial charge in [0.15, 0.2) is 11.5 Å². The fourth-order valence-electron chi connectivity index (χ4n) is 9.64. The second-order valence-electron chi connectivity index (χ2n) is 14.0. The van der Waals surface area contributed by atoms with Gasteiger partial charge in [-0.25, -0.2) is 0 Å². The van der Waals surface area contributed by atoms with E-state index in [1.165, 1.54) is 26.4 Å². The first kappa shape index (κ1) is 30.0. The molecule has 4 fully saturated rings. The number of amides is 2. The summed E-state index contributed by atoms with van der Waals surface area (Å²) < 4.78 is 12.0. The molecule has 9 nitrogen and oxygen atoms in total. The molecular formula is C36H42N2O7. The predicted octanol–water partition coefficient (Wildman–Crippen LogP) is 3.42. The SMILES string of the molecule is COc1cc(C=O)cc2c1OC1C2C(C(=O)NCCO)=CC(N(CC23CC4CC(CC(C4)C2)C3)C(=O)Cc2ccccc2)C1O. The lowest BCUT2D eigenvalue weighted by atomic mass is 9.49. The lowest BCUT2D eigenvalue weighted by Crippen LogP contribution is -2.60. The van der Waals surface area contributed by atoms with Crippen LogP contribution in [0, 0.1) is 23.2 Å². The number of nitrogens with one attached hydrogen (secondary N) is 1. The van der Waals surface area contributed by atoms with Crippen molar-refractivity contribution in [2.45, 2.75) is 69.1 Å². The van der Waals surface area contributed by atoms with E-state index < -0.39 is 30.1 Å². The van der Waals surface area contributed by atoms with E-state index >= 15 is 0 Å². The number of hydrogen-bond donors (Lipinski definition) is 3. The molecule has 0 radical (unpaired) electrons. The molecule has 9 heteroatoms. The third-order valence-electron chi connectivity index (χ3n) is 11.0. The van der Waals surface area contributed by atoms with Gasteiger partial charge in [-0.3, -0.25) is 14.4 Å². The summed E-state index contributed by atoms with van der Waals surface area (Å²) in [4.78, 5) is 41.8. The van der Waals surface area contributed by atoms with E-state index in [4.69, 9.17) is 9.47 Å². The van der Waals surface area contributed by atoms with Crippen LogP contribution in [0.3, 0.4) is 0 Å². The van der Waals surface area contributed by atoms with E-state index in [1.54, 1.807) is 18.2 Å². The third-order valence-corrected chi connectivity index (χ3v) is 11.0. The molecule has 0 spiro atoms. The molecule has 2 aromatic carbocycles. The molecule has 4 unspecified atom stereocenters. The Hall–Kier alpha value is -3.69. The minimum Gasteiger partial charge on any atom is -0.493 e. The Labute approximate surface area is 263 Å². The lowest BCUT2D eigenvalue weighted by molar-refractivity contribution is -0.144. The number of nitrogens with zero attached hydrogens (tertiary/aromatic N) is 1. The van der Waals surface area contributed by atoms with Crippen LogP contribution in [0.15, 0.2) is 54.1 Å². The number of fused-ring (bicyclic) bond motifs is 3. The van der Waals surface area contributed by atoms with Crippen LogP contribution in [0.1, 0.15) is 65.9 Å². The lowest BCUT2D eigenvalue weighted by Gasteiger charge is -2.58. The number of ether oxygens (including phenoxy) is 2. The Morgan fingerprint density at radius 1 is 1.09 bits per heavy atom. The molecule has 1 heterocycles. The number of carbonyl (C=O) groups is 3. The first-order valence-corrected chi connectivity index (χ1v) is 16.3. The zero-order chi connectivity index (χ0) is 31.3. The normalized spacial score (nSPS) is 32.2. The molecular weight excluding hydrogens is 572 g/mol. The molecule has 6 aliphatic rings. The van der Waals surface area contributed by atoms with Crippen molar-refractivity contribution in [2.24, 2.45) is 23.2 Å². The quantitative estimate of drug-likeness (QED) is 0.350. The van der Waals surface area contributed by atoms with Crippen LogP contribution >= 0.6 is 0 Å². The van der Waals surface area contributed by atoms with Crippen molar-refractivity contribution in [3.8, 4) is 11.5 Å². The van der Waals surface area contributed by atoms with Gasteiger partial charge < -0.3 is 29.9 Å². The molecule has 2 amide bonds. The predicted molar refractivity (Wildman–Crippen MR) is 166 cm³/mol. The number of aliphatic hydroxyl groups is 2. The van der Waals surface area contributed by atoms with Crippen molar-refractivity contribution in [3.05, 3.63) is 70.8 Å². The van der Waals surface area contributed by atoms with Crippen LogP contribution in [-0.2, 0) is 16.0 Å². The van der Waals surface area contributed by atoms with E-state index in [1.807, 2.05) is 35.2 Å². The number of aliphatic hydroxyl groups excluding tert-OH is 2. The van der Waals surface area contributed by atoms with Crippen molar-refractivity contribution in [2.75, 3.05) is 26.8 Å². The molecule has 45 heavy (non-hydrogen) atoms. The molecule has 4 saturated carbocycles. The summed E-state index contributed by atoms with van der Waals surface area (Å²) in [5.74, 6) is 1.58. The first-order chi connectivity index (χ1) is 21.8. The Bertz CT molecular complexity index is 1470.